The van der Waals surface area contributed by atoms with E-state index in [1.807, 2.05) is 28.9 Å². The number of carboxylic acids is 1. The van der Waals surface area contributed by atoms with Crippen molar-refractivity contribution in [3.63, 3.8) is 0 Å². The summed E-state index contributed by atoms with van der Waals surface area (Å²) in [7, 11) is 0. The molecule has 0 saturated carbocycles. The van der Waals surface area contributed by atoms with Gasteiger partial charge in [0.25, 0.3) is 0 Å². The molecule has 0 radical (unpaired) electrons. The number of aryl methyl sites for hydroxylation is 2. The monoisotopic (exact) mass is 258 g/mol. The van der Waals surface area contributed by atoms with E-state index in [2.05, 4.69) is 31.4 Å². The van der Waals surface area contributed by atoms with Crippen LogP contribution in [0.3, 0.4) is 0 Å². The van der Waals surface area contributed by atoms with Crippen molar-refractivity contribution in [2.45, 2.75) is 26.8 Å². The van der Waals surface area contributed by atoms with Crippen LogP contribution >= 0.6 is 0 Å². The second-order valence-corrected chi connectivity index (χ2v) is 4.67. The van der Waals surface area contributed by atoms with E-state index in [9.17, 15) is 4.79 Å². The van der Waals surface area contributed by atoms with Crippen molar-refractivity contribution in [3.05, 3.63) is 58.9 Å². The Morgan fingerprint density at radius 1 is 1.05 bits per heavy atom. The van der Waals surface area contributed by atoms with Crippen LogP contribution in [0.1, 0.15) is 22.5 Å². The summed E-state index contributed by atoms with van der Waals surface area (Å²) in [6.07, 6.45) is 0.0729. The number of carboxylic acid groups (broad SMARTS) is 1. The van der Waals surface area contributed by atoms with Crippen LogP contribution in [-0.4, -0.2) is 15.8 Å². The third-order valence-electron chi connectivity index (χ3n) is 3.09. The van der Waals surface area contributed by atoms with Gasteiger partial charge in [0, 0.05) is 11.4 Å². The minimum absolute atomic E-state index is 0.0729. The summed E-state index contributed by atoms with van der Waals surface area (Å²) in [5.41, 5.74) is 7.62. The van der Waals surface area contributed by atoms with E-state index >= 15 is 0 Å². The molecule has 0 aliphatic rings. The largest absolute Gasteiger partial charge is 0.481 e. The highest BCUT2D eigenvalue weighted by Gasteiger charge is 2.02. The summed E-state index contributed by atoms with van der Waals surface area (Å²) in [5, 5.41) is 8.71. The maximum atomic E-state index is 10.6. The second kappa shape index (κ2) is 5.61. The molecule has 0 aliphatic heterocycles. The Balaban J connectivity index is 1.98. The third-order valence-corrected chi connectivity index (χ3v) is 3.09. The van der Waals surface area contributed by atoms with Crippen molar-refractivity contribution >= 4 is 5.97 Å². The molecule has 2 N–H and O–H groups in total. The molecule has 0 unspecified atom stereocenters. The van der Waals surface area contributed by atoms with Gasteiger partial charge in [0.2, 0.25) is 0 Å². The van der Waals surface area contributed by atoms with E-state index in [1.54, 1.807) is 0 Å². The normalized spacial score (nSPS) is 10.4. The Hall–Kier alpha value is -2.23. The number of nitrogens with zero attached hydrogens (tertiary/aromatic N) is 1. The molecule has 0 atom stereocenters. The Morgan fingerprint density at radius 2 is 1.58 bits per heavy atom. The van der Waals surface area contributed by atoms with Crippen molar-refractivity contribution in [1.29, 1.82) is 0 Å². The maximum Gasteiger partial charge on any atom is 0.307 e. The van der Waals surface area contributed by atoms with E-state index in [1.165, 1.54) is 11.4 Å². The second-order valence-electron chi connectivity index (χ2n) is 4.67. The zero-order valence-electron chi connectivity index (χ0n) is 11.2. The first-order valence-electron chi connectivity index (χ1n) is 6.24. The van der Waals surface area contributed by atoms with Crippen LogP contribution in [0.4, 0.5) is 0 Å². The fourth-order valence-corrected chi connectivity index (χ4v) is 2.04. The zero-order chi connectivity index (χ0) is 13.8. The smallest absolute Gasteiger partial charge is 0.307 e. The van der Waals surface area contributed by atoms with Crippen molar-refractivity contribution in [1.82, 2.24) is 4.68 Å². The summed E-state index contributed by atoms with van der Waals surface area (Å²) in [6.45, 7) is 4.82. The average molecular weight is 258 g/mol. The summed E-state index contributed by atoms with van der Waals surface area (Å²) < 4.78 is 2.05. The summed E-state index contributed by atoms with van der Waals surface area (Å²) in [4.78, 5) is 10.6. The van der Waals surface area contributed by atoms with Gasteiger partial charge in [-0.2, -0.15) is 0 Å². The van der Waals surface area contributed by atoms with Gasteiger partial charge in [-0.25, -0.2) is 0 Å². The number of hydrogen-bond donors (Lipinski definition) is 2. The predicted octanol–water partition coefficient (Wildman–Crippen LogP) is 2.48. The molecule has 0 aliphatic carbocycles. The van der Waals surface area contributed by atoms with Crippen LogP contribution in [-0.2, 0) is 17.8 Å². The SMILES string of the molecule is Cc1ccc(C)n1NCc1ccc(CC(=O)O)cc1. The molecule has 1 aromatic heterocycles. The maximum absolute atomic E-state index is 10.6. The van der Waals surface area contributed by atoms with Gasteiger partial charge in [0.05, 0.1) is 13.0 Å². The highest BCUT2D eigenvalue weighted by atomic mass is 16.4. The van der Waals surface area contributed by atoms with Crippen LogP contribution < -0.4 is 5.43 Å². The van der Waals surface area contributed by atoms with Gasteiger partial charge in [0.15, 0.2) is 0 Å². The van der Waals surface area contributed by atoms with Crippen LogP contribution in [0.2, 0.25) is 0 Å². The van der Waals surface area contributed by atoms with Gasteiger partial charge in [0.1, 0.15) is 0 Å². The Labute approximate surface area is 112 Å². The molecule has 1 heterocycles. The Morgan fingerprint density at radius 3 is 2.11 bits per heavy atom. The molecule has 100 valence electrons. The number of aliphatic carboxylic acids is 1. The highest BCUT2D eigenvalue weighted by molar-refractivity contribution is 5.70. The molecule has 0 fully saturated rings. The first-order valence-corrected chi connectivity index (χ1v) is 6.24. The van der Waals surface area contributed by atoms with Crippen LogP contribution in [0.25, 0.3) is 0 Å². The van der Waals surface area contributed by atoms with Crippen molar-refractivity contribution in [2.75, 3.05) is 5.43 Å². The van der Waals surface area contributed by atoms with E-state index in [4.69, 9.17) is 5.11 Å². The van der Waals surface area contributed by atoms with Gasteiger partial charge in [-0.3, -0.25) is 9.47 Å². The van der Waals surface area contributed by atoms with Crippen molar-refractivity contribution < 1.29 is 9.90 Å². The molecule has 0 amide bonds. The van der Waals surface area contributed by atoms with E-state index < -0.39 is 5.97 Å². The Kier molecular flexibility index (Phi) is 3.90. The molecular weight excluding hydrogens is 240 g/mol. The lowest BCUT2D eigenvalue weighted by atomic mass is 10.1. The van der Waals surface area contributed by atoms with Gasteiger partial charge < -0.3 is 10.5 Å². The lowest BCUT2D eigenvalue weighted by molar-refractivity contribution is -0.136. The zero-order valence-corrected chi connectivity index (χ0v) is 11.2. The molecule has 1 aromatic carbocycles. The first-order chi connectivity index (χ1) is 9.06. The van der Waals surface area contributed by atoms with Crippen molar-refractivity contribution in [2.24, 2.45) is 0 Å². The molecule has 19 heavy (non-hydrogen) atoms. The number of carbonyl (C=O) groups is 1. The number of aromatic nitrogens is 1. The minimum Gasteiger partial charge on any atom is -0.481 e. The van der Waals surface area contributed by atoms with Gasteiger partial charge in [-0.05, 0) is 37.1 Å². The fourth-order valence-electron chi connectivity index (χ4n) is 2.04. The van der Waals surface area contributed by atoms with E-state index in [-0.39, 0.29) is 6.42 Å². The van der Waals surface area contributed by atoms with E-state index in [0.29, 0.717) is 6.54 Å². The first kappa shape index (κ1) is 13.2. The lowest BCUT2D eigenvalue weighted by Gasteiger charge is -2.12. The molecule has 2 aromatic rings. The summed E-state index contributed by atoms with van der Waals surface area (Å²) in [5.74, 6) is -0.801. The molecule has 2 rings (SSSR count). The quantitative estimate of drug-likeness (QED) is 0.866. The Bertz CT molecular complexity index is 551. The molecule has 0 spiro atoms. The summed E-state index contributed by atoms with van der Waals surface area (Å²) >= 11 is 0. The molecular formula is C15H18N2O2. The average Bonchev–Trinajstić information content (AvgIpc) is 2.68. The number of hydrogen-bond acceptors (Lipinski definition) is 2. The molecule has 4 nitrogen and oxygen atoms in total. The van der Waals surface area contributed by atoms with Crippen LogP contribution in [0, 0.1) is 13.8 Å². The predicted molar refractivity (Wildman–Crippen MR) is 74.8 cm³/mol. The van der Waals surface area contributed by atoms with E-state index in [0.717, 1.165) is 11.1 Å². The van der Waals surface area contributed by atoms with Gasteiger partial charge in [-0.15, -0.1) is 0 Å². The topological polar surface area (TPSA) is 54.3 Å². The lowest BCUT2D eigenvalue weighted by Crippen LogP contribution is -2.16. The molecule has 0 saturated heterocycles. The number of nitrogens with one attached hydrogen (secondary N) is 1. The number of rotatable bonds is 5. The standard InChI is InChI=1S/C15H18N2O2/c1-11-3-4-12(2)17(11)16-10-14-7-5-13(6-8-14)9-15(18)19/h3-8,16H,9-10H2,1-2H3,(H,18,19). The highest BCUT2D eigenvalue weighted by Crippen LogP contribution is 2.08. The van der Waals surface area contributed by atoms with Gasteiger partial charge in [-0.1, -0.05) is 24.3 Å². The third kappa shape index (κ3) is 3.37. The van der Waals surface area contributed by atoms with Gasteiger partial charge >= 0.3 is 5.97 Å². The number of benzene rings is 1. The molecule has 4 heteroatoms. The van der Waals surface area contributed by atoms with Crippen LogP contribution in [0.15, 0.2) is 36.4 Å². The minimum atomic E-state index is -0.801. The van der Waals surface area contributed by atoms with Crippen molar-refractivity contribution in [3.8, 4) is 0 Å². The van der Waals surface area contributed by atoms with Crippen LogP contribution in [0.5, 0.6) is 0 Å². The fraction of sp³-hybridized carbons (Fsp3) is 0.267. The molecule has 0 bridgehead atoms. The summed E-state index contributed by atoms with van der Waals surface area (Å²) in [6, 6.07) is 11.8.